The second-order valence-corrected chi connectivity index (χ2v) is 5.83. The summed E-state index contributed by atoms with van der Waals surface area (Å²) in [5.41, 5.74) is 2.39. The lowest BCUT2D eigenvalue weighted by Gasteiger charge is -2.23. The van der Waals surface area contributed by atoms with Crippen molar-refractivity contribution in [2.24, 2.45) is 0 Å². The topological polar surface area (TPSA) is 65.1 Å². The molecule has 2 aromatic rings. The monoisotopic (exact) mass is 355 g/mol. The van der Waals surface area contributed by atoms with E-state index in [1.807, 2.05) is 32.0 Å². The summed E-state index contributed by atoms with van der Waals surface area (Å²) < 4.78 is 15.7. The first-order chi connectivity index (χ1) is 12.6. The number of hydrogen-bond donors (Lipinski definition) is 0. The number of anilines is 1. The summed E-state index contributed by atoms with van der Waals surface area (Å²) in [5.74, 6) is 0.682. The molecule has 0 N–H and O–H groups in total. The lowest BCUT2D eigenvalue weighted by Crippen LogP contribution is -2.22. The molecule has 0 saturated carbocycles. The number of esters is 1. The molecule has 0 spiro atoms. The Morgan fingerprint density at radius 1 is 1.12 bits per heavy atom. The molecular formula is C20H21NO5. The van der Waals surface area contributed by atoms with Crippen molar-refractivity contribution in [1.82, 2.24) is 0 Å². The van der Waals surface area contributed by atoms with E-state index in [-0.39, 0.29) is 19.0 Å². The molecule has 0 amide bonds. The number of carbonyl (C=O) groups is 2. The molecule has 136 valence electrons. The molecule has 26 heavy (non-hydrogen) atoms. The van der Waals surface area contributed by atoms with Crippen LogP contribution in [0.5, 0.6) is 11.5 Å². The Kier molecular flexibility index (Phi) is 5.41. The van der Waals surface area contributed by atoms with Crippen molar-refractivity contribution in [1.29, 1.82) is 0 Å². The summed E-state index contributed by atoms with van der Waals surface area (Å²) in [6, 6.07) is 12.5. The van der Waals surface area contributed by atoms with Crippen LogP contribution in [-0.4, -0.2) is 25.2 Å². The zero-order valence-corrected chi connectivity index (χ0v) is 14.9. The van der Waals surface area contributed by atoms with Gasteiger partial charge in [-0.15, -0.1) is 0 Å². The molecule has 0 unspecified atom stereocenters. The third-order valence-corrected chi connectivity index (χ3v) is 4.27. The average molecular weight is 355 g/mol. The molecule has 0 fully saturated rings. The van der Waals surface area contributed by atoms with Gasteiger partial charge in [-0.05, 0) is 37.6 Å². The highest BCUT2D eigenvalue weighted by Crippen LogP contribution is 2.39. The van der Waals surface area contributed by atoms with E-state index in [1.165, 1.54) is 0 Å². The Balaban J connectivity index is 1.74. The maximum Gasteiger partial charge on any atom is 0.514 e. The van der Waals surface area contributed by atoms with Gasteiger partial charge in [-0.3, -0.25) is 4.79 Å². The lowest BCUT2D eigenvalue weighted by atomic mass is 10.0. The largest absolute Gasteiger partial charge is 0.514 e. The fraction of sp³-hybridized carbons (Fsp3) is 0.300. The molecule has 1 aliphatic rings. The zero-order chi connectivity index (χ0) is 18.5. The van der Waals surface area contributed by atoms with Crippen molar-refractivity contribution in [3.63, 3.8) is 0 Å². The van der Waals surface area contributed by atoms with Crippen molar-refractivity contribution < 1.29 is 23.8 Å². The van der Waals surface area contributed by atoms with Gasteiger partial charge in [0.1, 0.15) is 12.4 Å². The maximum atomic E-state index is 11.9. The van der Waals surface area contributed by atoms with Crippen LogP contribution in [0.3, 0.4) is 0 Å². The number of nitrogens with zero attached hydrogens (tertiary/aromatic N) is 1. The first kappa shape index (κ1) is 17.8. The van der Waals surface area contributed by atoms with Gasteiger partial charge in [0.2, 0.25) is 0 Å². The normalized spacial score (nSPS) is 12.3. The van der Waals surface area contributed by atoms with Crippen LogP contribution in [0.2, 0.25) is 0 Å². The Labute approximate surface area is 152 Å². The van der Waals surface area contributed by atoms with E-state index >= 15 is 0 Å². The predicted octanol–water partition coefficient (Wildman–Crippen LogP) is 3.71. The van der Waals surface area contributed by atoms with Crippen LogP contribution >= 0.6 is 0 Å². The van der Waals surface area contributed by atoms with Crippen LogP contribution in [0.15, 0.2) is 42.5 Å². The summed E-state index contributed by atoms with van der Waals surface area (Å²) in [6.45, 7) is 5.72. The van der Waals surface area contributed by atoms with E-state index in [4.69, 9.17) is 14.2 Å². The molecule has 6 heteroatoms. The van der Waals surface area contributed by atoms with Gasteiger partial charge in [-0.25, -0.2) is 4.79 Å². The molecule has 0 saturated heterocycles. The summed E-state index contributed by atoms with van der Waals surface area (Å²) in [4.78, 5) is 25.8. The fourth-order valence-corrected chi connectivity index (χ4v) is 2.96. The van der Waals surface area contributed by atoms with Crippen LogP contribution in [0, 0.1) is 0 Å². The van der Waals surface area contributed by atoms with Crippen LogP contribution in [0.25, 0.3) is 0 Å². The van der Waals surface area contributed by atoms with Crippen molar-refractivity contribution in [3.8, 4) is 11.5 Å². The van der Waals surface area contributed by atoms with Crippen molar-refractivity contribution >= 4 is 17.8 Å². The van der Waals surface area contributed by atoms with E-state index in [2.05, 4.69) is 4.90 Å². The van der Waals surface area contributed by atoms with Gasteiger partial charge in [0, 0.05) is 18.7 Å². The van der Waals surface area contributed by atoms with E-state index in [0.717, 1.165) is 29.9 Å². The standard InChI is InChI=1S/C20H21NO5/c1-3-21(4-2)17-11-10-14(16-12-18(22)26-19(16)17)13-24-20(23)25-15-8-6-5-7-9-15/h5-11H,3-4,12-13H2,1-2H3. The molecular weight excluding hydrogens is 334 g/mol. The second-order valence-electron chi connectivity index (χ2n) is 5.83. The Morgan fingerprint density at radius 3 is 2.54 bits per heavy atom. The van der Waals surface area contributed by atoms with Crippen LogP contribution < -0.4 is 14.4 Å². The molecule has 0 aliphatic carbocycles. The van der Waals surface area contributed by atoms with E-state index in [1.54, 1.807) is 24.3 Å². The van der Waals surface area contributed by atoms with Crippen LogP contribution in [0.4, 0.5) is 10.5 Å². The first-order valence-corrected chi connectivity index (χ1v) is 8.62. The highest BCUT2D eigenvalue weighted by atomic mass is 16.7. The maximum absolute atomic E-state index is 11.9. The van der Waals surface area contributed by atoms with Gasteiger partial charge in [-0.2, -0.15) is 0 Å². The van der Waals surface area contributed by atoms with Crippen molar-refractivity contribution in [2.45, 2.75) is 26.9 Å². The SMILES string of the molecule is CCN(CC)c1ccc(COC(=O)Oc2ccccc2)c2c1OC(=O)C2. The Hall–Kier alpha value is -3.02. The van der Waals surface area contributed by atoms with Gasteiger partial charge in [-0.1, -0.05) is 24.3 Å². The summed E-state index contributed by atoms with van der Waals surface area (Å²) in [6.07, 6.45) is -0.611. The molecule has 1 heterocycles. The molecule has 1 aliphatic heterocycles. The van der Waals surface area contributed by atoms with E-state index in [9.17, 15) is 9.59 Å². The highest BCUT2D eigenvalue weighted by molar-refractivity contribution is 5.86. The number of carbonyl (C=O) groups excluding carboxylic acids is 2. The third-order valence-electron chi connectivity index (χ3n) is 4.27. The number of para-hydroxylation sites is 1. The molecule has 0 atom stereocenters. The van der Waals surface area contributed by atoms with Gasteiger partial charge in [0.15, 0.2) is 5.75 Å². The van der Waals surface area contributed by atoms with E-state index in [0.29, 0.717) is 11.5 Å². The molecule has 6 nitrogen and oxygen atoms in total. The van der Waals surface area contributed by atoms with Crippen molar-refractivity contribution in [3.05, 3.63) is 53.6 Å². The Morgan fingerprint density at radius 2 is 1.85 bits per heavy atom. The predicted molar refractivity (Wildman–Crippen MR) is 96.6 cm³/mol. The zero-order valence-electron chi connectivity index (χ0n) is 14.9. The molecule has 0 aromatic heterocycles. The number of rotatable bonds is 6. The molecule has 2 aromatic carbocycles. The third kappa shape index (κ3) is 3.79. The van der Waals surface area contributed by atoms with Gasteiger partial charge in [0.25, 0.3) is 0 Å². The van der Waals surface area contributed by atoms with E-state index < -0.39 is 6.16 Å². The number of hydrogen-bond acceptors (Lipinski definition) is 6. The average Bonchev–Trinajstić information content (AvgIpc) is 3.04. The minimum absolute atomic E-state index is 0.0170. The van der Waals surface area contributed by atoms with Gasteiger partial charge < -0.3 is 19.1 Å². The summed E-state index contributed by atoms with van der Waals surface area (Å²) in [7, 11) is 0. The quantitative estimate of drug-likeness (QED) is 0.447. The number of benzene rings is 2. The van der Waals surface area contributed by atoms with Gasteiger partial charge >= 0.3 is 12.1 Å². The van der Waals surface area contributed by atoms with Crippen molar-refractivity contribution in [2.75, 3.05) is 18.0 Å². The Bertz CT molecular complexity index is 799. The van der Waals surface area contributed by atoms with Gasteiger partial charge in [0.05, 0.1) is 12.1 Å². The number of fused-ring (bicyclic) bond motifs is 1. The summed E-state index contributed by atoms with van der Waals surface area (Å²) in [5, 5.41) is 0. The molecule has 0 radical (unpaired) electrons. The lowest BCUT2D eigenvalue weighted by molar-refractivity contribution is -0.131. The minimum Gasteiger partial charge on any atom is -0.429 e. The van der Waals surface area contributed by atoms with Crippen LogP contribution in [-0.2, 0) is 22.6 Å². The minimum atomic E-state index is -0.789. The fourth-order valence-electron chi connectivity index (χ4n) is 2.96. The van der Waals surface area contributed by atoms with Crippen LogP contribution in [0.1, 0.15) is 25.0 Å². The summed E-state index contributed by atoms with van der Waals surface area (Å²) >= 11 is 0. The molecule has 0 bridgehead atoms. The first-order valence-electron chi connectivity index (χ1n) is 8.62. The highest BCUT2D eigenvalue weighted by Gasteiger charge is 2.28. The second kappa shape index (κ2) is 7.91. The number of ether oxygens (including phenoxy) is 3. The molecule has 3 rings (SSSR count). The smallest absolute Gasteiger partial charge is 0.429 e.